The number of ether oxygens (including phenoxy) is 1. The van der Waals surface area contributed by atoms with Gasteiger partial charge in [0.1, 0.15) is 5.75 Å². The normalized spacial score (nSPS) is 12.2. The van der Waals surface area contributed by atoms with Crippen LogP contribution in [0, 0.1) is 11.6 Å². The van der Waals surface area contributed by atoms with E-state index in [1.807, 2.05) is 0 Å². The van der Waals surface area contributed by atoms with Crippen LogP contribution < -0.4 is 4.74 Å². The van der Waals surface area contributed by atoms with E-state index in [-0.39, 0.29) is 11.5 Å². The lowest BCUT2D eigenvalue weighted by Gasteiger charge is -2.08. The lowest BCUT2D eigenvalue weighted by atomic mass is 10.2. The van der Waals surface area contributed by atoms with Crippen LogP contribution in [-0.2, 0) is 0 Å². The summed E-state index contributed by atoms with van der Waals surface area (Å²) in [7, 11) is 0. The largest absolute Gasteiger partial charge is 0.453 e. The van der Waals surface area contributed by atoms with Gasteiger partial charge in [0, 0.05) is 0 Å². The number of aliphatic hydroxyl groups is 1. The molecule has 0 spiro atoms. The van der Waals surface area contributed by atoms with Crippen molar-refractivity contribution < 1.29 is 18.6 Å². The van der Waals surface area contributed by atoms with Crippen LogP contribution in [0.4, 0.5) is 8.78 Å². The van der Waals surface area contributed by atoms with Crippen molar-refractivity contribution in [2.75, 3.05) is 0 Å². The molecule has 0 aliphatic rings. The number of nitrogens with zero attached hydrogens (tertiary/aromatic N) is 1. The topological polar surface area (TPSA) is 42.4 Å². The number of aliphatic hydroxyl groups excluding tert-OH is 1. The van der Waals surface area contributed by atoms with Crippen molar-refractivity contribution in [3.05, 3.63) is 53.9 Å². The zero-order valence-corrected chi connectivity index (χ0v) is 9.60. The van der Waals surface area contributed by atoms with Gasteiger partial charge in [-0.15, -0.1) is 0 Å². The quantitative estimate of drug-likeness (QED) is 0.910. The maximum absolute atomic E-state index is 13.3. The van der Waals surface area contributed by atoms with Crippen LogP contribution in [0.3, 0.4) is 0 Å². The summed E-state index contributed by atoms with van der Waals surface area (Å²) in [5, 5.41) is 9.27. The highest BCUT2D eigenvalue weighted by Gasteiger charge is 2.10. The van der Waals surface area contributed by atoms with Crippen molar-refractivity contribution in [2.24, 2.45) is 0 Å². The minimum Gasteiger partial charge on any atom is -0.453 e. The summed E-state index contributed by atoms with van der Waals surface area (Å²) in [6.45, 7) is 1.58. The van der Waals surface area contributed by atoms with E-state index in [2.05, 4.69) is 4.98 Å². The molecule has 2 rings (SSSR count). The Hall–Kier alpha value is -2.01. The van der Waals surface area contributed by atoms with E-state index in [0.29, 0.717) is 5.69 Å². The first-order chi connectivity index (χ1) is 8.58. The smallest absolute Gasteiger partial charge is 0.201 e. The fourth-order valence-electron chi connectivity index (χ4n) is 1.39. The summed E-state index contributed by atoms with van der Waals surface area (Å²) in [4.78, 5) is 3.94. The molecule has 0 amide bonds. The Morgan fingerprint density at radius 3 is 2.61 bits per heavy atom. The SMILES string of the molecule is C[C@H](O)c1ccc(Oc2cccc(F)c2F)cn1. The Balaban J connectivity index is 2.21. The Kier molecular flexibility index (Phi) is 3.53. The summed E-state index contributed by atoms with van der Waals surface area (Å²) in [5.41, 5.74) is 0.474. The van der Waals surface area contributed by atoms with Gasteiger partial charge >= 0.3 is 0 Å². The monoisotopic (exact) mass is 251 g/mol. The summed E-state index contributed by atoms with van der Waals surface area (Å²) in [6.07, 6.45) is 0.650. The third-order valence-electron chi connectivity index (χ3n) is 2.33. The van der Waals surface area contributed by atoms with E-state index in [4.69, 9.17) is 4.74 Å². The Morgan fingerprint density at radius 2 is 2.00 bits per heavy atom. The third kappa shape index (κ3) is 2.62. The summed E-state index contributed by atoms with van der Waals surface area (Å²) in [6, 6.07) is 6.76. The van der Waals surface area contributed by atoms with Gasteiger partial charge in [0.05, 0.1) is 18.0 Å². The van der Waals surface area contributed by atoms with Crippen LogP contribution in [0.5, 0.6) is 11.5 Å². The van der Waals surface area contributed by atoms with E-state index < -0.39 is 17.7 Å². The maximum Gasteiger partial charge on any atom is 0.201 e. The van der Waals surface area contributed by atoms with Crippen molar-refractivity contribution >= 4 is 0 Å². The minimum absolute atomic E-state index is 0.207. The molecule has 18 heavy (non-hydrogen) atoms. The van der Waals surface area contributed by atoms with Gasteiger partial charge in [-0.1, -0.05) is 6.07 Å². The van der Waals surface area contributed by atoms with Crippen LogP contribution in [0.25, 0.3) is 0 Å². The Bertz CT molecular complexity index is 541. The van der Waals surface area contributed by atoms with Crippen molar-refractivity contribution in [3.63, 3.8) is 0 Å². The van der Waals surface area contributed by atoms with Crippen molar-refractivity contribution in [1.82, 2.24) is 4.98 Å². The molecule has 0 saturated heterocycles. The second-order valence-corrected chi connectivity index (χ2v) is 3.75. The van der Waals surface area contributed by atoms with Crippen LogP contribution in [0.1, 0.15) is 18.7 Å². The van der Waals surface area contributed by atoms with Gasteiger partial charge in [0.2, 0.25) is 5.82 Å². The van der Waals surface area contributed by atoms with Gasteiger partial charge in [-0.25, -0.2) is 4.39 Å². The first-order valence-electron chi connectivity index (χ1n) is 5.34. The third-order valence-corrected chi connectivity index (χ3v) is 2.33. The highest BCUT2D eigenvalue weighted by atomic mass is 19.2. The van der Waals surface area contributed by atoms with Crippen molar-refractivity contribution in [3.8, 4) is 11.5 Å². The molecule has 0 aliphatic heterocycles. The van der Waals surface area contributed by atoms with Gasteiger partial charge in [-0.2, -0.15) is 4.39 Å². The molecule has 1 atom stereocenters. The minimum atomic E-state index is -1.04. The molecule has 0 bridgehead atoms. The molecule has 5 heteroatoms. The standard InChI is InChI=1S/C13H11F2NO2/c1-8(17)11-6-5-9(7-16-11)18-12-4-2-3-10(14)13(12)15/h2-8,17H,1H3/t8-/m0/s1. The summed E-state index contributed by atoms with van der Waals surface area (Å²) < 4.78 is 31.4. The van der Waals surface area contributed by atoms with Crippen LogP contribution in [-0.4, -0.2) is 10.1 Å². The average Bonchev–Trinajstić information content (AvgIpc) is 2.36. The highest BCUT2D eigenvalue weighted by molar-refractivity contribution is 5.31. The molecule has 0 aliphatic carbocycles. The summed E-state index contributed by atoms with van der Waals surface area (Å²) in [5.74, 6) is -1.95. The lowest BCUT2D eigenvalue weighted by molar-refractivity contribution is 0.194. The molecule has 0 radical (unpaired) electrons. The number of pyridine rings is 1. The van der Waals surface area contributed by atoms with Gasteiger partial charge in [-0.3, -0.25) is 4.98 Å². The van der Waals surface area contributed by atoms with Gasteiger partial charge in [0.25, 0.3) is 0 Å². The molecule has 3 nitrogen and oxygen atoms in total. The van der Waals surface area contributed by atoms with Crippen LogP contribution in [0.2, 0.25) is 0 Å². The first kappa shape index (κ1) is 12.4. The molecule has 1 N–H and O–H groups in total. The molecular formula is C13H11F2NO2. The van der Waals surface area contributed by atoms with Crippen LogP contribution >= 0.6 is 0 Å². The zero-order valence-electron chi connectivity index (χ0n) is 9.60. The van der Waals surface area contributed by atoms with E-state index in [1.165, 1.54) is 24.4 Å². The molecule has 0 fully saturated rings. The second-order valence-electron chi connectivity index (χ2n) is 3.75. The van der Waals surface area contributed by atoms with Gasteiger partial charge < -0.3 is 9.84 Å². The molecule has 0 unspecified atom stereocenters. The number of halogens is 2. The Morgan fingerprint density at radius 1 is 1.22 bits per heavy atom. The molecule has 94 valence electrons. The van der Waals surface area contributed by atoms with E-state index >= 15 is 0 Å². The summed E-state index contributed by atoms with van der Waals surface area (Å²) >= 11 is 0. The maximum atomic E-state index is 13.3. The molecule has 2 aromatic rings. The van der Waals surface area contributed by atoms with E-state index in [1.54, 1.807) is 13.0 Å². The fraction of sp³-hybridized carbons (Fsp3) is 0.154. The zero-order chi connectivity index (χ0) is 13.1. The van der Waals surface area contributed by atoms with Crippen molar-refractivity contribution in [1.29, 1.82) is 0 Å². The predicted molar refractivity (Wildman–Crippen MR) is 61.3 cm³/mol. The first-order valence-corrected chi connectivity index (χ1v) is 5.34. The second kappa shape index (κ2) is 5.10. The van der Waals surface area contributed by atoms with Crippen molar-refractivity contribution in [2.45, 2.75) is 13.0 Å². The number of hydrogen-bond acceptors (Lipinski definition) is 3. The van der Waals surface area contributed by atoms with Gasteiger partial charge in [0.15, 0.2) is 11.6 Å². The molecule has 1 aromatic carbocycles. The Labute approximate surface area is 103 Å². The number of rotatable bonds is 3. The molecular weight excluding hydrogens is 240 g/mol. The number of hydrogen-bond donors (Lipinski definition) is 1. The highest BCUT2D eigenvalue weighted by Crippen LogP contribution is 2.25. The lowest BCUT2D eigenvalue weighted by Crippen LogP contribution is -1.96. The van der Waals surface area contributed by atoms with E-state index in [0.717, 1.165) is 6.07 Å². The average molecular weight is 251 g/mol. The predicted octanol–water partition coefficient (Wildman–Crippen LogP) is 3.21. The molecule has 1 heterocycles. The van der Waals surface area contributed by atoms with E-state index in [9.17, 15) is 13.9 Å². The fourth-order valence-corrected chi connectivity index (χ4v) is 1.39. The van der Waals surface area contributed by atoms with Gasteiger partial charge in [-0.05, 0) is 31.2 Å². The molecule has 1 aromatic heterocycles. The number of aromatic nitrogens is 1. The number of benzene rings is 1. The van der Waals surface area contributed by atoms with Crippen LogP contribution in [0.15, 0.2) is 36.5 Å². The molecule has 0 saturated carbocycles.